The first-order valence-electron chi connectivity index (χ1n) is 4.37. The average molecular weight is 211 g/mol. The molecule has 0 bridgehead atoms. The van der Waals surface area contributed by atoms with Crippen LogP contribution in [0.5, 0.6) is 0 Å². The molecule has 0 fully saturated rings. The van der Waals surface area contributed by atoms with Crippen LogP contribution in [0.1, 0.15) is 11.7 Å². The van der Waals surface area contributed by atoms with E-state index in [0.717, 1.165) is 10.9 Å². The second-order valence-corrected chi connectivity index (χ2v) is 3.54. The zero-order valence-corrected chi connectivity index (χ0v) is 8.25. The van der Waals surface area contributed by atoms with Crippen LogP contribution in [0.2, 0.25) is 5.02 Å². The molecule has 4 N–H and O–H groups in total. The predicted octanol–water partition coefficient (Wildman–Crippen LogP) is 1.81. The molecule has 1 heterocycles. The van der Waals surface area contributed by atoms with Gasteiger partial charge in [-0.1, -0.05) is 23.7 Å². The van der Waals surface area contributed by atoms with Gasteiger partial charge in [0.05, 0.1) is 16.6 Å². The molecule has 1 unspecified atom stereocenters. The largest absolute Gasteiger partial charge is 0.387 e. The lowest BCUT2D eigenvalue weighted by Gasteiger charge is -2.10. The topological polar surface area (TPSA) is 62.0 Å². The van der Waals surface area contributed by atoms with Crippen molar-refractivity contribution in [2.24, 2.45) is 5.73 Å². The van der Waals surface area contributed by atoms with Crippen molar-refractivity contribution in [1.29, 1.82) is 0 Å². The minimum atomic E-state index is -0.699. The molecule has 1 aromatic carbocycles. The Labute approximate surface area is 86.5 Å². The summed E-state index contributed by atoms with van der Waals surface area (Å²) in [5.74, 6) is 0. The molecule has 0 saturated carbocycles. The van der Waals surface area contributed by atoms with Gasteiger partial charge in [0.1, 0.15) is 0 Å². The minimum absolute atomic E-state index is 0.173. The van der Waals surface area contributed by atoms with E-state index in [2.05, 4.69) is 4.98 Å². The van der Waals surface area contributed by atoms with Crippen molar-refractivity contribution >= 4 is 22.5 Å². The number of fused-ring (bicyclic) bond motifs is 1. The van der Waals surface area contributed by atoms with E-state index < -0.39 is 6.10 Å². The Morgan fingerprint density at radius 3 is 2.93 bits per heavy atom. The third kappa shape index (κ3) is 1.39. The molecule has 0 saturated heterocycles. The Morgan fingerprint density at radius 1 is 1.43 bits per heavy atom. The summed E-state index contributed by atoms with van der Waals surface area (Å²) in [6.07, 6.45) is 1.12. The van der Waals surface area contributed by atoms with Gasteiger partial charge in [0, 0.05) is 23.7 Å². The fraction of sp³-hybridized carbons (Fsp3) is 0.200. The number of halogens is 1. The van der Waals surface area contributed by atoms with Crippen LogP contribution in [0, 0.1) is 0 Å². The lowest BCUT2D eigenvalue weighted by molar-refractivity contribution is 0.187. The highest BCUT2D eigenvalue weighted by atomic mass is 35.5. The van der Waals surface area contributed by atoms with Crippen LogP contribution in [-0.4, -0.2) is 16.6 Å². The summed E-state index contributed by atoms with van der Waals surface area (Å²) in [4.78, 5) is 3.02. The van der Waals surface area contributed by atoms with Crippen LogP contribution in [0.25, 0.3) is 10.9 Å². The summed E-state index contributed by atoms with van der Waals surface area (Å²) in [6.45, 7) is 0.173. The summed E-state index contributed by atoms with van der Waals surface area (Å²) in [7, 11) is 0. The van der Waals surface area contributed by atoms with E-state index in [0.29, 0.717) is 10.6 Å². The first-order valence-corrected chi connectivity index (χ1v) is 4.75. The molecule has 4 heteroatoms. The van der Waals surface area contributed by atoms with Gasteiger partial charge >= 0.3 is 0 Å². The van der Waals surface area contributed by atoms with Crippen molar-refractivity contribution < 1.29 is 5.11 Å². The summed E-state index contributed by atoms with van der Waals surface area (Å²) >= 11 is 6.11. The number of aromatic amines is 1. The summed E-state index contributed by atoms with van der Waals surface area (Å²) in [5, 5.41) is 11.2. The number of H-pyrrole nitrogens is 1. The van der Waals surface area contributed by atoms with Crippen LogP contribution in [-0.2, 0) is 0 Å². The molecular formula is C10H11ClN2O. The number of nitrogens with two attached hydrogens (primary N) is 1. The third-order valence-electron chi connectivity index (χ3n) is 2.28. The van der Waals surface area contributed by atoms with Crippen LogP contribution in [0.15, 0.2) is 24.4 Å². The lowest BCUT2D eigenvalue weighted by atomic mass is 10.1. The highest BCUT2D eigenvalue weighted by Crippen LogP contribution is 2.29. The molecule has 1 aromatic heterocycles. The number of aliphatic hydroxyl groups is 1. The van der Waals surface area contributed by atoms with Crippen molar-refractivity contribution in [3.63, 3.8) is 0 Å². The number of rotatable bonds is 2. The molecule has 0 aliphatic carbocycles. The van der Waals surface area contributed by atoms with E-state index in [1.807, 2.05) is 18.3 Å². The van der Waals surface area contributed by atoms with Gasteiger partial charge in [-0.05, 0) is 6.07 Å². The van der Waals surface area contributed by atoms with Gasteiger partial charge in [0.2, 0.25) is 0 Å². The zero-order chi connectivity index (χ0) is 10.1. The normalized spacial score (nSPS) is 13.4. The Hall–Kier alpha value is -1.03. The van der Waals surface area contributed by atoms with E-state index in [4.69, 9.17) is 17.3 Å². The van der Waals surface area contributed by atoms with Gasteiger partial charge in [-0.25, -0.2) is 0 Å². The molecule has 1 atom stereocenters. The third-order valence-corrected chi connectivity index (χ3v) is 2.68. The zero-order valence-electron chi connectivity index (χ0n) is 7.50. The highest BCUT2D eigenvalue weighted by molar-refractivity contribution is 6.35. The maximum absolute atomic E-state index is 9.58. The molecule has 2 rings (SSSR count). The number of nitrogens with one attached hydrogen (secondary N) is 1. The molecule has 0 aliphatic heterocycles. The van der Waals surface area contributed by atoms with Crippen LogP contribution in [0.3, 0.4) is 0 Å². The van der Waals surface area contributed by atoms with Gasteiger partial charge in [-0.2, -0.15) is 0 Å². The van der Waals surface area contributed by atoms with Gasteiger partial charge in [0.25, 0.3) is 0 Å². The van der Waals surface area contributed by atoms with Crippen molar-refractivity contribution in [2.75, 3.05) is 6.54 Å². The van der Waals surface area contributed by atoms with Crippen molar-refractivity contribution in [2.45, 2.75) is 6.10 Å². The maximum atomic E-state index is 9.58. The SMILES string of the molecule is NCC(O)c1ccc2cc[nH]c2c1Cl. The lowest BCUT2D eigenvalue weighted by Crippen LogP contribution is -2.11. The molecule has 14 heavy (non-hydrogen) atoms. The first-order chi connectivity index (χ1) is 6.74. The quantitative estimate of drug-likeness (QED) is 0.708. The van der Waals surface area contributed by atoms with Gasteiger partial charge in [-0.15, -0.1) is 0 Å². The molecule has 0 aliphatic rings. The van der Waals surface area contributed by atoms with Crippen LogP contribution >= 0.6 is 11.6 Å². The van der Waals surface area contributed by atoms with E-state index in [9.17, 15) is 5.11 Å². The molecule has 3 nitrogen and oxygen atoms in total. The number of aromatic nitrogens is 1. The van der Waals surface area contributed by atoms with Gasteiger partial charge in [0.15, 0.2) is 0 Å². The number of hydrogen-bond acceptors (Lipinski definition) is 2. The minimum Gasteiger partial charge on any atom is -0.387 e. The number of aliphatic hydroxyl groups excluding tert-OH is 1. The molecule has 2 aromatic rings. The van der Waals surface area contributed by atoms with E-state index in [-0.39, 0.29) is 6.54 Å². The fourth-order valence-corrected chi connectivity index (χ4v) is 1.84. The number of hydrogen-bond donors (Lipinski definition) is 3. The van der Waals surface area contributed by atoms with Gasteiger partial charge < -0.3 is 15.8 Å². The second kappa shape index (κ2) is 3.61. The van der Waals surface area contributed by atoms with E-state index >= 15 is 0 Å². The summed E-state index contributed by atoms with van der Waals surface area (Å²) in [5.41, 5.74) is 6.89. The Kier molecular flexibility index (Phi) is 2.46. The standard InChI is InChI=1S/C10H11ClN2O/c11-9-7(8(14)5-12)2-1-6-3-4-13-10(6)9/h1-4,8,13-14H,5,12H2. The van der Waals surface area contributed by atoms with Crippen molar-refractivity contribution in [3.8, 4) is 0 Å². The fourth-order valence-electron chi connectivity index (χ4n) is 1.49. The molecule has 0 radical (unpaired) electrons. The van der Waals surface area contributed by atoms with E-state index in [1.54, 1.807) is 6.07 Å². The predicted molar refractivity (Wildman–Crippen MR) is 57.3 cm³/mol. The Morgan fingerprint density at radius 2 is 2.21 bits per heavy atom. The van der Waals surface area contributed by atoms with Crippen molar-refractivity contribution in [1.82, 2.24) is 4.98 Å². The first kappa shape index (κ1) is 9.52. The number of benzene rings is 1. The van der Waals surface area contributed by atoms with Crippen LogP contribution < -0.4 is 5.73 Å². The monoisotopic (exact) mass is 210 g/mol. The second-order valence-electron chi connectivity index (χ2n) is 3.16. The molecule has 74 valence electrons. The smallest absolute Gasteiger partial charge is 0.0927 e. The van der Waals surface area contributed by atoms with Crippen LogP contribution in [0.4, 0.5) is 0 Å². The summed E-state index contributed by atoms with van der Waals surface area (Å²) < 4.78 is 0. The van der Waals surface area contributed by atoms with E-state index in [1.165, 1.54) is 0 Å². The van der Waals surface area contributed by atoms with Crippen molar-refractivity contribution in [3.05, 3.63) is 35.0 Å². The maximum Gasteiger partial charge on any atom is 0.0927 e. The van der Waals surface area contributed by atoms with Gasteiger partial charge in [-0.3, -0.25) is 0 Å². The Balaban J connectivity index is 2.61. The highest BCUT2D eigenvalue weighted by Gasteiger charge is 2.12. The Bertz CT molecular complexity index is 452. The molecule has 0 amide bonds. The summed E-state index contributed by atoms with van der Waals surface area (Å²) in [6, 6.07) is 5.64. The molecular weight excluding hydrogens is 200 g/mol. The average Bonchev–Trinajstić information content (AvgIpc) is 2.66. The molecule has 0 spiro atoms.